The molecule has 7 rings (SSSR count). The average molecular weight is 858 g/mol. The first-order valence-electron chi connectivity index (χ1n) is 18.7. The van der Waals surface area contributed by atoms with Crippen LogP contribution in [0.1, 0.15) is 114 Å². The molecule has 0 N–H and O–H groups in total. The molecule has 0 radical (unpaired) electrons. The number of fused-ring (bicyclic) bond motifs is 3. The van der Waals surface area contributed by atoms with Crippen LogP contribution in [-0.4, -0.2) is 19.3 Å². The summed E-state index contributed by atoms with van der Waals surface area (Å²) in [6.45, 7) is 15.9. The van der Waals surface area contributed by atoms with Crippen molar-refractivity contribution in [3.05, 3.63) is 119 Å². The first-order chi connectivity index (χ1) is 24.3. The molecule has 5 nitrogen and oxygen atoms in total. The first-order valence-corrected chi connectivity index (χ1v) is 18.7. The van der Waals surface area contributed by atoms with Crippen molar-refractivity contribution in [1.29, 1.82) is 0 Å². The van der Waals surface area contributed by atoms with Gasteiger partial charge in [-0.2, -0.15) is 11.2 Å². The molecule has 1 unspecified atom stereocenters. The zero-order valence-corrected chi connectivity index (χ0v) is 33.4. The fourth-order valence-electron chi connectivity index (χ4n) is 7.95. The minimum Gasteiger partial charge on any atom is -0.509 e. The normalized spacial score (nSPS) is 16.1. The molecule has 0 amide bonds. The molecule has 0 saturated carbocycles. The Morgan fingerprint density at radius 3 is 2.47 bits per heavy atom. The Kier molecular flexibility index (Phi) is 11.4. The number of pyridine rings is 1. The maximum Gasteiger partial charge on any atom is 2.00 e. The molecule has 3 aromatic carbocycles. The molecule has 2 atom stereocenters. The summed E-state index contributed by atoms with van der Waals surface area (Å²) >= 11 is 0. The third-order valence-corrected chi connectivity index (χ3v) is 10.5. The summed E-state index contributed by atoms with van der Waals surface area (Å²) in [5.41, 5.74) is 10.9. The Morgan fingerprint density at radius 2 is 1.73 bits per heavy atom. The first kappa shape index (κ1) is 36.8. The smallest absolute Gasteiger partial charge is 0.509 e. The molecule has 0 saturated heterocycles. The third kappa shape index (κ3) is 7.12. The van der Waals surface area contributed by atoms with Gasteiger partial charge < -0.3 is 9.30 Å². The van der Waals surface area contributed by atoms with E-state index in [2.05, 4.69) is 131 Å². The van der Waals surface area contributed by atoms with Crippen LogP contribution >= 0.6 is 0 Å². The maximum atomic E-state index is 6.71. The molecular weight excluding hydrogens is 808 g/mol. The number of hydrogen-bond donors (Lipinski definition) is 0. The molecule has 0 fully saturated rings. The molecule has 0 spiro atoms. The van der Waals surface area contributed by atoms with Crippen LogP contribution in [0.5, 0.6) is 11.5 Å². The Morgan fingerprint density at radius 1 is 0.922 bits per heavy atom. The van der Waals surface area contributed by atoms with Crippen LogP contribution in [0, 0.1) is 18.1 Å². The van der Waals surface area contributed by atoms with E-state index >= 15 is 0 Å². The summed E-state index contributed by atoms with van der Waals surface area (Å²) < 4.78 is 11.1. The molecule has 6 heteroatoms. The Bertz CT molecular complexity index is 2190. The fourth-order valence-corrected chi connectivity index (χ4v) is 7.95. The molecule has 51 heavy (non-hydrogen) atoms. The van der Waals surface area contributed by atoms with E-state index in [1.54, 1.807) is 0 Å². The summed E-state index contributed by atoms with van der Waals surface area (Å²) in [6, 6.07) is 28.6. The van der Waals surface area contributed by atoms with Crippen LogP contribution in [0.4, 0.5) is 0 Å². The van der Waals surface area contributed by atoms with Gasteiger partial charge in [-0.15, -0.1) is 41.3 Å². The second-order valence-electron chi connectivity index (χ2n) is 14.4. The van der Waals surface area contributed by atoms with Crippen molar-refractivity contribution in [3.8, 4) is 23.0 Å². The zero-order valence-electron chi connectivity index (χ0n) is 31.1. The van der Waals surface area contributed by atoms with Crippen LogP contribution in [0.2, 0.25) is 0 Å². The van der Waals surface area contributed by atoms with E-state index in [1.807, 2.05) is 12.3 Å². The number of aryl methyl sites for hydroxylation is 2. The summed E-state index contributed by atoms with van der Waals surface area (Å²) in [4.78, 5) is 4.79. The zero-order chi connectivity index (χ0) is 34.9. The molecule has 0 aliphatic heterocycles. The topological polar surface area (TPSA) is 44.9 Å². The molecule has 0 bridgehead atoms. The number of para-hydroxylation sites is 1. The van der Waals surface area contributed by atoms with Crippen LogP contribution in [0.3, 0.4) is 0 Å². The second-order valence-corrected chi connectivity index (χ2v) is 14.4. The second kappa shape index (κ2) is 15.7. The number of hydrogen-bond acceptors (Lipinski definition) is 3. The largest absolute Gasteiger partial charge is 2.00 e. The SMILES string of the molecule is CCCc1nn(-c2[c-]c(Oc3[c-]c4c(cc3)c3ccccc3n4-c3cc(CC)ccn3)cc(C(C)C)c2)c(CCC)c1C1C(C)=CCC[C@@H]1C.[Pt+2]. The van der Waals surface area contributed by atoms with Crippen molar-refractivity contribution in [2.24, 2.45) is 5.92 Å². The van der Waals surface area contributed by atoms with Crippen molar-refractivity contribution >= 4 is 21.8 Å². The standard InChI is InChI=1S/C45H50N4O.Pt/c1-8-14-39-45(44-30(6)16-13-17-31(44)7)41(15-9-2)49(47-39)34-25-33(29(4)5)26-36(27-34)50-35-20-21-38-37-18-11-12-19-40(37)48(42(38)28-35)43-24-32(10-3)22-23-46-43;/h11-12,16,18-26,29,31,44H,8-10,13-15,17H2,1-7H3;/q-2;+2/t31-,44?;/m0./s1. The van der Waals surface area contributed by atoms with E-state index in [9.17, 15) is 0 Å². The predicted molar refractivity (Wildman–Crippen MR) is 206 cm³/mol. The van der Waals surface area contributed by atoms with Crippen LogP contribution in [0.25, 0.3) is 33.3 Å². The van der Waals surface area contributed by atoms with Crippen molar-refractivity contribution in [2.75, 3.05) is 0 Å². The monoisotopic (exact) mass is 857 g/mol. The van der Waals surface area contributed by atoms with E-state index < -0.39 is 0 Å². The molecule has 3 heterocycles. The number of benzene rings is 3. The van der Waals surface area contributed by atoms with Gasteiger partial charge in [-0.05, 0) is 85.7 Å². The van der Waals surface area contributed by atoms with Crippen LogP contribution in [0.15, 0.2) is 78.5 Å². The summed E-state index contributed by atoms with van der Waals surface area (Å²) in [6.07, 6.45) is 11.8. The average Bonchev–Trinajstić information content (AvgIpc) is 3.63. The fraction of sp³-hybridized carbons (Fsp3) is 0.378. The van der Waals surface area contributed by atoms with Gasteiger partial charge in [0.05, 0.1) is 5.69 Å². The molecule has 3 aromatic heterocycles. The third-order valence-electron chi connectivity index (χ3n) is 10.5. The Hall–Kier alpha value is -3.95. The molecule has 1 aliphatic carbocycles. The minimum atomic E-state index is 0. The summed E-state index contributed by atoms with van der Waals surface area (Å²) in [5, 5.41) is 7.68. The van der Waals surface area contributed by atoms with Crippen LogP contribution < -0.4 is 4.74 Å². The van der Waals surface area contributed by atoms with Gasteiger partial charge in [-0.25, -0.2) is 4.98 Å². The summed E-state index contributed by atoms with van der Waals surface area (Å²) in [7, 11) is 0. The molecular formula is C45H50N4OPt. The van der Waals surface area contributed by atoms with E-state index in [4.69, 9.17) is 14.8 Å². The number of rotatable bonds is 11. The van der Waals surface area contributed by atoms with Crippen molar-refractivity contribution in [2.45, 2.75) is 105 Å². The van der Waals surface area contributed by atoms with Gasteiger partial charge in [-0.3, -0.25) is 4.68 Å². The Balaban J connectivity index is 0.00000448. The van der Waals surface area contributed by atoms with Gasteiger partial charge in [0.25, 0.3) is 0 Å². The number of nitrogens with zero attached hydrogens (tertiary/aromatic N) is 4. The van der Waals surface area contributed by atoms with Crippen molar-refractivity contribution in [1.82, 2.24) is 19.3 Å². The van der Waals surface area contributed by atoms with E-state index in [0.717, 1.165) is 60.0 Å². The van der Waals surface area contributed by atoms with E-state index in [-0.39, 0.29) is 21.1 Å². The van der Waals surface area contributed by atoms with Crippen molar-refractivity contribution in [3.63, 3.8) is 0 Å². The maximum absolute atomic E-state index is 6.71. The van der Waals surface area contributed by atoms with Crippen molar-refractivity contribution < 1.29 is 25.8 Å². The van der Waals surface area contributed by atoms with Gasteiger partial charge in [0.2, 0.25) is 0 Å². The van der Waals surface area contributed by atoms with Gasteiger partial charge in [-0.1, -0.05) is 89.7 Å². The van der Waals surface area contributed by atoms with Gasteiger partial charge >= 0.3 is 21.1 Å². The number of aromatic nitrogens is 4. The molecule has 1 aliphatic rings. The van der Waals surface area contributed by atoms with Crippen LogP contribution in [-0.2, 0) is 40.3 Å². The molecule has 266 valence electrons. The van der Waals surface area contributed by atoms with E-state index in [1.165, 1.54) is 51.9 Å². The van der Waals surface area contributed by atoms with Gasteiger partial charge in [0.1, 0.15) is 5.82 Å². The number of ether oxygens (including phenoxy) is 1. The number of allylic oxidation sites excluding steroid dienone is 2. The Labute approximate surface area is 318 Å². The quantitative estimate of drug-likeness (QED) is 0.0963. The molecule has 6 aromatic rings. The van der Waals surface area contributed by atoms with Gasteiger partial charge in [0.15, 0.2) is 0 Å². The summed E-state index contributed by atoms with van der Waals surface area (Å²) in [5.74, 6) is 3.52. The van der Waals surface area contributed by atoms with E-state index in [0.29, 0.717) is 29.3 Å². The van der Waals surface area contributed by atoms with Gasteiger partial charge in [0, 0.05) is 40.4 Å². The minimum absolute atomic E-state index is 0. The predicted octanol–water partition coefficient (Wildman–Crippen LogP) is 11.8.